The number of hydrogen-bond acceptors (Lipinski definition) is 4. The normalized spacial score (nSPS) is 19.2. The molecule has 5 nitrogen and oxygen atoms in total. The minimum absolute atomic E-state index is 0.00345. The van der Waals surface area contributed by atoms with Gasteiger partial charge < -0.3 is 10.6 Å². The van der Waals surface area contributed by atoms with Crippen LogP contribution in [0, 0.1) is 13.8 Å². The molecule has 1 unspecified atom stereocenters. The van der Waals surface area contributed by atoms with Gasteiger partial charge in [-0.2, -0.15) is 0 Å². The van der Waals surface area contributed by atoms with Crippen LogP contribution in [0.15, 0.2) is 36.5 Å². The van der Waals surface area contributed by atoms with E-state index in [2.05, 4.69) is 41.6 Å². The summed E-state index contributed by atoms with van der Waals surface area (Å²) in [5.74, 6) is 0.801. The molecular formula is C18H20N4O. The van der Waals surface area contributed by atoms with Gasteiger partial charge in [0.1, 0.15) is 0 Å². The van der Waals surface area contributed by atoms with E-state index in [4.69, 9.17) is 0 Å². The van der Waals surface area contributed by atoms with Gasteiger partial charge in [0.2, 0.25) is 0 Å². The van der Waals surface area contributed by atoms with Crippen LogP contribution < -0.4 is 15.5 Å². The second-order valence-corrected chi connectivity index (χ2v) is 6.34. The van der Waals surface area contributed by atoms with Crippen molar-refractivity contribution in [1.82, 2.24) is 10.3 Å². The lowest BCUT2D eigenvalue weighted by molar-refractivity contribution is -0.121. The first-order chi connectivity index (χ1) is 11.1. The van der Waals surface area contributed by atoms with Crippen molar-refractivity contribution in [3.8, 4) is 0 Å². The summed E-state index contributed by atoms with van der Waals surface area (Å²) in [6, 6.07) is 10.4. The maximum atomic E-state index is 12.7. The van der Waals surface area contributed by atoms with Gasteiger partial charge >= 0.3 is 0 Å². The largest absolute Gasteiger partial charge is 0.354 e. The molecule has 23 heavy (non-hydrogen) atoms. The molecule has 2 heterocycles. The molecule has 0 bridgehead atoms. The Labute approximate surface area is 135 Å². The van der Waals surface area contributed by atoms with E-state index in [1.165, 1.54) is 11.1 Å². The smallest absolute Gasteiger partial charge is 0.264 e. The van der Waals surface area contributed by atoms with E-state index in [0.717, 1.165) is 30.0 Å². The maximum Gasteiger partial charge on any atom is 0.264 e. The van der Waals surface area contributed by atoms with Gasteiger partial charge in [-0.1, -0.05) is 6.07 Å². The van der Waals surface area contributed by atoms with Crippen LogP contribution in [0.4, 0.5) is 17.2 Å². The summed E-state index contributed by atoms with van der Waals surface area (Å²) in [6.07, 6.45) is 3.46. The molecule has 2 aliphatic rings. The van der Waals surface area contributed by atoms with Crippen LogP contribution >= 0.6 is 0 Å². The number of anilines is 3. The predicted molar refractivity (Wildman–Crippen MR) is 90.9 cm³/mol. The van der Waals surface area contributed by atoms with Crippen LogP contribution in [0.2, 0.25) is 0 Å². The first kappa shape index (κ1) is 14.1. The SMILES string of the molecule is Cc1ccc(N2c3ncccc3NC2C(=O)NC2CC2)cc1C. The Kier molecular flexibility index (Phi) is 3.22. The molecule has 118 valence electrons. The van der Waals surface area contributed by atoms with Crippen molar-refractivity contribution in [3.63, 3.8) is 0 Å². The number of fused-ring (bicyclic) bond motifs is 1. The highest BCUT2D eigenvalue weighted by molar-refractivity contribution is 5.96. The van der Waals surface area contributed by atoms with E-state index in [1.807, 2.05) is 23.1 Å². The zero-order valence-electron chi connectivity index (χ0n) is 13.3. The zero-order chi connectivity index (χ0) is 16.0. The minimum atomic E-state index is -0.456. The third-order valence-corrected chi connectivity index (χ3v) is 4.51. The van der Waals surface area contributed by atoms with E-state index in [0.29, 0.717) is 6.04 Å². The number of carbonyl (C=O) groups excluding carboxylic acids is 1. The van der Waals surface area contributed by atoms with Crippen LogP contribution in [0.1, 0.15) is 24.0 Å². The van der Waals surface area contributed by atoms with Crippen LogP contribution in [-0.2, 0) is 4.79 Å². The Balaban J connectivity index is 1.73. The number of carbonyl (C=O) groups is 1. The number of benzene rings is 1. The maximum absolute atomic E-state index is 12.7. The van der Waals surface area contributed by atoms with Crippen molar-refractivity contribution < 1.29 is 4.79 Å². The molecule has 1 amide bonds. The van der Waals surface area contributed by atoms with Crippen molar-refractivity contribution in [2.75, 3.05) is 10.2 Å². The first-order valence-corrected chi connectivity index (χ1v) is 8.02. The molecule has 1 aromatic carbocycles. The average Bonchev–Trinajstić information content (AvgIpc) is 3.27. The van der Waals surface area contributed by atoms with Crippen LogP contribution in [0.3, 0.4) is 0 Å². The molecule has 1 aliphatic heterocycles. The quantitative estimate of drug-likeness (QED) is 0.915. The Bertz CT molecular complexity index is 769. The lowest BCUT2D eigenvalue weighted by Crippen LogP contribution is -2.47. The van der Waals surface area contributed by atoms with Gasteiger partial charge in [-0.25, -0.2) is 4.98 Å². The Morgan fingerprint density at radius 3 is 2.83 bits per heavy atom. The van der Waals surface area contributed by atoms with E-state index >= 15 is 0 Å². The lowest BCUT2D eigenvalue weighted by Gasteiger charge is -2.26. The second kappa shape index (κ2) is 5.26. The van der Waals surface area contributed by atoms with Gasteiger partial charge in [0.25, 0.3) is 5.91 Å². The van der Waals surface area contributed by atoms with Crippen molar-refractivity contribution in [1.29, 1.82) is 0 Å². The summed E-state index contributed by atoms with van der Waals surface area (Å²) >= 11 is 0. The van der Waals surface area contributed by atoms with E-state index in [9.17, 15) is 4.79 Å². The number of nitrogens with one attached hydrogen (secondary N) is 2. The van der Waals surface area contributed by atoms with Gasteiger partial charge in [0, 0.05) is 17.9 Å². The van der Waals surface area contributed by atoms with Crippen molar-refractivity contribution in [2.45, 2.75) is 38.9 Å². The van der Waals surface area contributed by atoms with E-state index < -0.39 is 6.17 Å². The van der Waals surface area contributed by atoms with Crippen LogP contribution in [0.5, 0.6) is 0 Å². The topological polar surface area (TPSA) is 57.3 Å². The number of hydrogen-bond donors (Lipinski definition) is 2. The summed E-state index contributed by atoms with van der Waals surface area (Å²) in [4.78, 5) is 19.1. The third-order valence-electron chi connectivity index (χ3n) is 4.51. The molecular weight excluding hydrogens is 288 g/mol. The highest BCUT2D eigenvalue weighted by atomic mass is 16.2. The Morgan fingerprint density at radius 1 is 1.26 bits per heavy atom. The molecule has 2 N–H and O–H groups in total. The summed E-state index contributed by atoms with van der Waals surface area (Å²) in [6.45, 7) is 4.17. The molecule has 0 saturated heterocycles. The Hall–Kier alpha value is -2.56. The summed E-state index contributed by atoms with van der Waals surface area (Å²) in [5, 5.41) is 6.39. The molecule has 2 aromatic rings. The average molecular weight is 308 g/mol. The number of aryl methyl sites for hydroxylation is 2. The second-order valence-electron chi connectivity index (χ2n) is 6.34. The highest BCUT2D eigenvalue weighted by Crippen LogP contribution is 2.38. The van der Waals surface area contributed by atoms with Crippen molar-refractivity contribution in [2.24, 2.45) is 0 Å². The monoisotopic (exact) mass is 308 g/mol. The fourth-order valence-corrected chi connectivity index (χ4v) is 2.87. The van der Waals surface area contributed by atoms with Gasteiger partial charge in [0.15, 0.2) is 12.0 Å². The van der Waals surface area contributed by atoms with Gasteiger partial charge in [0.05, 0.1) is 5.69 Å². The van der Waals surface area contributed by atoms with Gasteiger partial charge in [-0.3, -0.25) is 9.69 Å². The van der Waals surface area contributed by atoms with Gasteiger partial charge in [-0.15, -0.1) is 0 Å². The number of nitrogens with zero attached hydrogens (tertiary/aromatic N) is 2. The minimum Gasteiger partial charge on any atom is -0.354 e. The van der Waals surface area contributed by atoms with Crippen molar-refractivity contribution in [3.05, 3.63) is 47.7 Å². The number of pyridine rings is 1. The molecule has 0 spiro atoms. The third kappa shape index (κ3) is 2.52. The first-order valence-electron chi connectivity index (χ1n) is 8.02. The fraction of sp³-hybridized carbons (Fsp3) is 0.333. The molecule has 1 fully saturated rings. The summed E-state index contributed by atoms with van der Waals surface area (Å²) in [5.41, 5.74) is 4.31. The molecule has 5 heteroatoms. The van der Waals surface area contributed by atoms with Crippen molar-refractivity contribution >= 4 is 23.1 Å². The predicted octanol–water partition coefficient (Wildman–Crippen LogP) is 2.87. The highest BCUT2D eigenvalue weighted by Gasteiger charge is 2.38. The molecule has 1 aromatic heterocycles. The van der Waals surface area contributed by atoms with Crippen LogP contribution in [-0.4, -0.2) is 23.1 Å². The zero-order valence-corrected chi connectivity index (χ0v) is 13.3. The fourth-order valence-electron chi connectivity index (χ4n) is 2.87. The molecule has 4 rings (SSSR count). The molecule has 0 radical (unpaired) electrons. The number of rotatable bonds is 3. The summed E-state index contributed by atoms with van der Waals surface area (Å²) < 4.78 is 0. The molecule has 1 aliphatic carbocycles. The number of amides is 1. The lowest BCUT2D eigenvalue weighted by atomic mass is 10.1. The van der Waals surface area contributed by atoms with Gasteiger partial charge in [-0.05, 0) is 62.1 Å². The number of aromatic nitrogens is 1. The van der Waals surface area contributed by atoms with Crippen LogP contribution in [0.25, 0.3) is 0 Å². The summed E-state index contributed by atoms with van der Waals surface area (Å²) in [7, 11) is 0. The van der Waals surface area contributed by atoms with E-state index in [1.54, 1.807) is 6.20 Å². The molecule has 1 saturated carbocycles. The standard InChI is InChI=1S/C18H20N4O/c1-11-5-8-14(10-12(11)2)22-16-15(4-3-9-19-16)21-17(22)18(23)20-13-6-7-13/h3-5,8-10,13,17,21H,6-7H2,1-2H3,(H,20,23). The van der Waals surface area contributed by atoms with E-state index in [-0.39, 0.29) is 5.91 Å². The molecule has 1 atom stereocenters. The Morgan fingerprint density at radius 2 is 2.09 bits per heavy atom.